The van der Waals surface area contributed by atoms with Gasteiger partial charge in [0.05, 0.1) is 12.4 Å². The van der Waals surface area contributed by atoms with Gasteiger partial charge in [-0.15, -0.1) is 0 Å². The molecule has 0 bridgehead atoms. The summed E-state index contributed by atoms with van der Waals surface area (Å²) >= 11 is 0. The molecule has 3 rings (SSSR count). The van der Waals surface area contributed by atoms with Gasteiger partial charge in [-0.25, -0.2) is 4.98 Å². The van der Waals surface area contributed by atoms with Gasteiger partial charge in [0.15, 0.2) is 5.65 Å². The number of nitrogens with one attached hydrogen (secondary N) is 1. The molecule has 0 spiro atoms. The third-order valence-corrected chi connectivity index (χ3v) is 3.92. The lowest BCUT2D eigenvalue weighted by Crippen LogP contribution is -2.32. The highest BCUT2D eigenvalue weighted by Crippen LogP contribution is 2.12. The van der Waals surface area contributed by atoms with Crippen LogP contribution in [0.4, 0.5) is 5.82 Å². The number of aromatic nitrogens is 3. The minimum Gasteiger partial charge on any atom is -0.369 e. The standard InChI is InChI=1S/C15H21N5O/c21-15(19-8-3-1-2-4-9-19)5-6-17-14-12-18-13-11-16-7-10-20(13)14/h7,10-12,17H,1-6,8-9H2. The van der Waals surface area contributed by atoms with Crippen molar-refractivity contribution in [1.82, 2.24) is 19.3 Å². The van der Waals surface area contributed by atoms with Crippen LogP contribution in [0.2, 0.25) is 0 Å². The number of anilines is 1. The number of nitrogens with zero attached hydrogens (tertiary/aromatic N) is 4. The van der Waals surface area contributed by atoms with Gasteiger partial charge in [0.1, 0.15) is 5.82 Å². The Hall–Kier alpha value is -2.11. The fraction of sp³-hybridized carbons (Fsp3) is 0.533. The molecule has 0 aliphatic carbocycles. The minimum absolute atomic E-state index is 0.250. The van der Waals surface area contributed by atoms with E-state index in [2.05, 4.69) is 15.3 Å². The number of fused-ring (bicyclic) bond motifs is 1. The molecular weight excluding hydrogens is 266 g/mol. The van der Waals surface area contributed by atoms with Gasteiger partial charge in [-0.2, -0.15) is 0 Å². The van der Waals surface area contributed by atoms with Crippen molar-refractivity contribution in [3.8, 4) is 0 Å². The van der Waals surface area contributed by atoms with Crippen LogP contribution in [-0.4, -0.2) is 44.8 Å². The average molecular weight is 287 g/mol. The molecule has 1 aliphatic heterocycles. The van der Waals surface area contributed by atoms with E-state index in [9.17, 15) is 4.79 Å². The molecule has 0 unspecified atom stereocenters. The quantitative estimate of drug-likeness (QED) is 0.933. The molecule has 0 saturated carbocycles. The summed E-state index contributed by atoms with van der Waals surface area (Å²) in [5.74, 6) is 1.15. The van der Waals surface area contributed by atoms with Crippen LogP contribution in [0.3, 0.4) is 0 Å². The maximum Gasteiger partial charge on any atom is 0.224 e. The van der Waals surface area contributed by atoms with Crippen LogP contribution in [0.25, 0.3) is 5.65 Å². The number of imidazole rings is 1. The summed E-state index contributed by atoms with van der Waals surface area (Å²) in [5, 5.41) is 3.28. The molecule has 0 aromatic carbocycles. The summed E-state index contributed by atoms with van der Waals surface area (Å²) in [6.07, 6.45) is 12.4. The number of carbonyl (C=O) groups excluding carboxylic acids is 1. The summed E-state index contributed by atoms with van der Waals surface area (Å²) in [6.45, 7) is 2.46. The van der Waals surface area contributed by atoms with Crippen LogP contribution in [0, 0.1) is 0 Å². The predicted octanol–water partition coefficient (Wildman–Crippen LogP) is 1.93. The lowest BCUT2D eigenvalue weighted by atomic mass is 10.2. The van der Waals surface area contributed by atoms with E-state index < -0.39 is 0 Å². The molecule has 6 nitrogen and oxygen atoms in total. The second-order valence-electron chi connectivity index (χ2n) is 5.42. The summed E-state index contributed by atoms with van der Waals surface area (Å²) in [7, 11) is 0. The van der Waals surface area contributed by atoms with E-state index in [1.54, 1.807) is 18.6 Å². The molecule has 2 aromatic rings. The molecule has 1 amide bonds. The zero-order valence-corrected chi connectivity index (χ0v) is 12.2. The summed E-state index contributed by atoms with van der Waals surface area (Å²) in [4.78, 5) is 22.5. The fourth-order valence-corrected chi connectivity index (χ4v) is 2.75. The highest BCUT2D eigenvalue weighted by molar-refractivity contribution is 5.76. The van der Waals surface area contributed by atoms with Gasteiger partial charge in [-0.3, -0.25) is 14.2 Å². The first kappa shape index (κ1) is 13.9. The average Bonchev–Trinajstić information content (AvgIpc) is 2.74. The van der Waals surface area contributed by atoms with Crippen molar-refractivity contribution in [2.24, 2.45) is 0 Å². The Bertz CT molecular complexity index is 601. The van der Waals surface area contributed by atoms with Crippen LogP contribution in [0.5, 0.6) is 0 Å². The monoisotopic (exact) mass is 287 g/mol. The first-order valence-corrected chi connectivity index (χ1v) is 7.63. The number of likely N-dealkylation sites (tertiary alicyclic amines) is 1. The largest absolute Gasteiger partial charge is 0.369 e. The number of hydrogen-bond acceptors (Lipinski definition) is 4. The molecule has 6 heteroatoms. The Balaban J connectivity index is 1.52. The number of rotatable bonds is 4. The Morgan fingerprint density at radius 1 is 1.19 bits per heavy atom. The SMILES string of the molecule is O=C(CCNc1cnc2cnccn12)N1CCCCCC1. The molecule has 3 heterocycles. The maximum absolute atomic E-state index is 12.2. The van der Waals surface area contributed by atoms with Gasteiger partial charge < -0.3 is 10.2 Å². The van der Waals surface area contributed by atoms with Crippen LogP contribution in [0.1, 0.15) is 32.1 Å². The van der Waals surface area contributed by atoms with Crippen molar-refractivity contribution >= 4 is 17.4 Å². The Morgan fingerprint density at radius 3 is 2.81 bits per heavy atom. The number of carbonyl (C=O) groups is 1. The van der Waals surface area contributed by atoms with E-state index in [-0.39, 0.29) is 5.91 Å². The molecule has 1 fully saturated rings. The first-order chi connectivity index (χ1) is 10.3. The van der Waals surface area contributed by atoms with Crippen LogP contribution < -0.4 is 5.32 Å². The van der Waals surface area contributed by atoms with Crippen molar-refractivity contribution < 1.29 is 4.79 Å². The van der Waals surface area contributed by atoms with E-state index in [0.29, 0.717) is 13.0 Å². The van der Waals surface area contributed by atoms with Crippen LogP contribution >= 0.6 is 0 Å². The number of hydrogen-bond donors (Lipinski definition) is 1. The van der Waals surface area contributed by atoms with Crippen molar-refractivity contribution in [1.29, 1.82) is 0 Å². The van der Waals surface area contributed by atoms with Gasteiger partial charge in [-0.05, 0) is 12.8 Å². The Labute approximate surface area is 124 Å². The third-order valence-electron chi connectivity index (χ3n) is 3.92. The van der Waals surface area contributed by atoms with E-state index in [0.717, 1.165) is 37.4 Å². The van der Waals surface area contributed by atoms with E-state index in [1.165, 1.54) is 12.8 Å². The fourth-order valence-electron chi connectivity index (χ4n) is 2.75. The zero-order chi connectivity index (χ0) is 14.5. The van der Waals surface area contributed by atoms with Crippen molar-refractivity contribution in [3.63, 3.8) is 0 Å². The summed E-state index contributed by atoms with van der Waals surface area (Å²) < 4.78 is 1.93. The number of amides is 1. The highest BCUT2D eigenvalue weighted by atomic mass is 16.2. The molecule has 1 aliphatic rings. The molecule has 2 aromatic heterocycles. The third kappa shape index (κ3) is 3.32. The molecule has 1 N–H and O–H groups in total. The van der Waals surface area contributed by atoms with E-state index in [4.69, 9.17) is 0 Å². The van der Waals surface area contributed by atoms with E-state index >= 15 is 0 Å². The molecular formula is C15H21N5O. The molecule has 1 saturated heterocycles. The smallest absolute Gasteiger partial charge is 0.224 e. The van der Waals surface area contributed by atoms with Gasteiger partial charge in [0, 0.05) is 38.4 Å². The summed E-state index contributed by atoms with van der Waals surface area (Å²) in [6, 6.07) is 0. The minimum atomic E-state index is 0.250. The van der Waals surface area contributed by atoms with Crippen LogP contribution in [-0.2, 0) is 4.79 Å². The van der Waals surface area contributed by atoms with E-state index in [1.807, 2.05) is 15.5 Å². The molecule has 112 valence electrons. The predicted molar refractivity (Wildman–Crippen MR) is 81.1 cm³/mol. The van der Waals surface area contributed by atoms with Gasteiger partial charge in [0.2, 0.25) is 5.91 Å². The second-order valence-corrected chi connectivity index (χ2v) is 5.42. The first-order valence-electron chi connectivity index (χ1n) is 7.63. The normalized spacial score (nSPS) is 15.9. The molecule has 0 atom stereocenters. The lowest BCUT2D eigenvalue weighted by molar-refractivity contribution is -0.130. The van der Waals surface area contributed by atoms with Crippen LogP contribution in [0.15, 0.2) is 24.8 Å². The zero-order valence-electron chi connectivity index (χ0n) is 12.2. The molecule has 21 heavy (non-hydrogen) atoms. The topological polar surface area (TPSA) is 62.5 Å². The van der Waals surface area contributed by atoms with Crippen molar-refractivity contribution in [3.05, 3.63) is 24.8 Å². The summed E-state index contributed by atoms with van der Waals surface area (Å²) in [5.41, 5.74) is 0.804. The molecule has 0 radical (unpaired) electrons. The second kappa shape index (κ2) is 6.56. The van der Waals surface area contributed by atoms with Gasteiger partial charge in [-0.1, -0.05) is 12.8 Å². The highest BCUT2D eigenvalue weighted by Gasteiger charge is 2.15. The van der Waals surface area contributed by atoms with Gasteiger partial charge >= 0.3 is 0 Å². The Kier molecular flexibility index (Phi) is 4.33. The lowest BCUT2D eigenvalue weighted by Gasteiger charge is -2.20. The Morgan fingerprint density at radius 2 is 2.00 bits per heavy atom. The van der Waals surface area contributed by atoms with Crippen molar-refractivity contribution in [2.75, 3.05) is 25.0 Å². The van der Waals surface area contributed by atoms with Gasteiger partial charge in [0.25, 0.3) is 0 Å². The maximum atomic E-state index is 12.2. The van der Waals surface area contributed by atoms with Crippen molar-refractivity contribution in [2.45, 2.75) is 32.1 Å².